The first-order valence-corrected chi connectivity index (χ1v) is 9.08. The van der Waals surface area contributed by atoms with Gasteiger partial charge in [-0.1, -0.05) is 12.8 Å². The van der Waals surface area contributed by atoms with Crippen LogP contribution in [0.4, 0.5) is 0 Å². The summed E-state index contributed by atoms with van der Waals surface area (Å²) in [5.41, 5.74) is 5.18. The van der Waals surface area contributed by atoms with Crippen molar-refractivity contribution in [3.05, 3.63) is 23.7 Å². The fourth-order valence-corrected chi connectivity index (χ4v) is 3.33. The minimum atomic E-state index is -0.567. The van der Waals surface area contributed by atoms with Crippen LogP contribution in [0.25, 0.3) is 0 Å². The summed E-state index contributed by atoms with van der Waals surface area (Å²) >= 11 is 0. The van der Waals surface area contributed by atoms with Gasteiger partial charge in [-0.2, -0.15) is 0 Å². The Morgan fingerprint density at radius 2 is 2.12 bits per heavy atom. The molecule has 26 heavy (non-hydrogen) atoms. The number of halogens is 1. The molecule has 148 valence electrons. The van der Waals surface area contributed by atoms with Crippen LogP contribution in [0, 0.1) is 5.92 Å². The average Bonchev–Trinajstić information content (AvgIpc) is 3.28. The summed E-state index contributed by atoms with van der Waals surface area (Å²) in [6.45, 7) is 4.05. The molecule has 2 rings (SSSR count). The van der Waals surface area contributed by atoms with Crippen LogP contribution in [-0.4, -0.2) is 38.2 Å². The number of primary amides is 1. The molecule has 0 saturated heterocycles. The lowest BCUT2D eigenvalue weighted by atomic mass is 9.98. The largest absolute Gasteiger partial charge is 0.454 e. The van der Waals surface area contributed by atoms with Crippen LogP contribution in [0.5, 0.6) is 0 Å². The summed E-state index contributed by atoms with van der Waals surface area (Å²) in [5.74, 6) is 1.61. The molecule has 1 atom stereocenters. The molecule has 1 heterocycles. The smallest absolute Gasteiger partial charge is 0.284 e. The Morgan fingerprint density at radius 1 is 1.38 bits per heavy atom. The lowest BCUT2D eigenvalue weighted by molar-refractivity contribution is 0.0169. The van der Waals surface area contributed by atoms with E-state index in [0.717, 1.165) is 19.6 Å². The molecule has 1 aromatic rings. The molecule has 0 bridgehead atoms. The van der Waals surface area contributed by atoms with Gasteiger partial charge in [0.05, 0.1) is 12.6 Å². The van der Waals surface area contributed by atoms with Gasteiger partial charge in [-0.15, -0.1) is 24.0 Å². The highest BCUT2D eigenvalue weighted by Crippen LogP contribution is 2.30. The van der Waals surface area contributed by atoms with Gasteiger partial charge in [-0.05, 0) is 44.2 Å². The predicted octanol–water partition coefficient (Wildman–Crippen LogP) is 2.65. The maximum absolute atomic E-state index is 11.0. The highest BCUT2D eigenvalue weighted by Gasteiger charge is 2.25. The number of nitrogens with two attached hydrogens (primary N) is 1. The van der Waals surface area contributed by atoms with E-state index < -0.39 is 5.91 Å². The molecule has 1 aromatic heterocycles. The average molecular weight is 478 g/mol. The highest BCUT2D eigenvalue weighted by atomic mass is 127. The second-order valence-corrected chi connectivity index (χ2v) is 6.31. The summed E-state index contributed by atoms with van der Waals surface area (Å²) in [7, 11) is 1.73. The molecule has 1 unspecified atom stereocenters. The van der Waals surface area contributed by atoms with Crippen molar-refractivity contribution >= 4 is 35.8 Å². The first-order chi connectivity index (χ1) is 12.1. The number of guanidine groups is 1. The van der Waals surface area contributed by atoms with Crippen molar-refractivity contribution in [2.75, 3.05) is 20.2 Å². The van der Waals surface area contributed by atoms with Crippen LogP contribution in [0.2, 0.25) is 0 Å². The Kier molecular flexibility index (Phi) is 10.6. The summed E-state index contributed by atoms with van der Waals surface area (Å²) in [5, 5.41) is 6.47. The molecule has 0 aliphatic heterocycles. The lowest BCUT2D eigenvalue weighted by Gasteiger charge is -2.23. The van der Waals surface area contributed by atoms with Crippen molar-refractivity contribution in [2.24, 2.45) is 16.6 Å². The minimum absolute atomic E-state index is 0. The predicted molar refractivity (Wildman–Crippen MR) is 113 cm³/mol. The van der Waals surface area contributed by atoms with E-state index in [1.165, 1.54) is 25.7 Å². The zero-order valence-corrected chi connectivity index (χ0v) is 18.0. The molecule has 0 spiro atoms. The van der Waals surface area contributed by atoms with Crippen molar-refractivity contribution in [3.63, 3.8) is 0 Å². The number of ether oxygens (including phenoxy) is 1. The number of hydrogen-bond acceptors (Lipinski definition) is 4. The molecule has 1 amide bonds. The van der Waals surface area contributed by atoms with Crippen molar-refractivity contribution in [1.82, 2.24) is 10.6 Å². The van der Waals surface area contributed by atoms with E-state index in [1.54, 1.807) is 19.2 Å². The monoisotopic (exact) mass is 478 g/mol. The second kappa shape index (κ2) is 12.2. The second-order valence-electron chi connectivity index (χ2n) is 6.31. The maximum Gasteiger partial charge on any atom is 0.284 e. The lowest BCUT2D eigenvalue weighted by Crippen LogP contribution is -2.39. The first-order valence-electron chi connectivity index (χ1n) is 9.08. The third kappa shape index (κ3) is 7.14. The Morgan fingerprint density at radius 3 is 2.69 bits per heavy atom. The van der Waals surface area contributed by atoms with Gasteiger partial charge in [0.2, 0.25) is 0 Å². The SMILES string of the molecule is CCOC(CCNC(=NC)NCc1ccc(C(N)=O)o1)C1CCCC1.I. The Labute approximate surface area is 172 Å². The molecule has 4 N–H and O–H groups in total. The van der Waals surface area contributed by atoms with E-state index in [0.29, 0.717) is 30.3 Å². The van der Waals surface area contributed by atoms with Gasteiger partial charge < -0.3 is 25.5 Å². The molecular formula is C18H31IN4O3. The van der Waals surface area contributed by atoms with Gasteiger partial charge in [0.25, 0.3) is 5.91 Å². The molecule has 1 saturated carbocycles. The molecule has 7 nitrogen and oxygen atoms in total. The quantitative estimate of drug-likeness (QED) is 0.288. The third-order valence-corrected chi connectivity index (χ3v) is 4.59. The van der Waals surface area contributed by atoms with E-state index in [4.69, 9.17) is 14.9 Å². The van der Waals surface area contributed by atoms with Crippen LogP contribution < -0.4 is 16.4 Å². The highest BCUT2D eigenvalue weighted by molar-refractivity contribution is 14.0. The number of carbonyl (C=O) groups excluding carboxylic acids is 1. The van der Waals surface area contributed by atoms with E-state index in [2.05, 4.69) is 22.5 Å². The number of amides is 1. The van der Waals surface area contributed by atoms with Crippen LogP contribution >= 0.6 is 24.0 Å². The molecular weight excluding hydrogens is 447 g/mol. The zero-order chi connectivity index (χ0) is 18.1. The fraction of sp³-hybridized carbons (Fsp3) is 0.667. The van der Waals surface area contributed by atoms with E-state index >= 15 is 0 Å². The van der Waals surface area contributed by atoms with Gasteiger partial charge in [0, 0.05) is 20.2 Å². The van der Waals surface area contributed by atoms with Crippen LogP contribution in [0.15, 0.2) is 21.5 Å². The van der Waals surface area contributed by atoms with Gasteiger partial charge >= 0.3 is 0 Å². The number of carbonyl (C=O) groups is 1. The van der Waals surface area contributed by atoms with Crippen LogP contribution in [0.3, 0.4) is 0 Å². The fourth-order valence-electron chi connectivity index (χ4n) is 3.33. The summed E-state index contributed by atoms with van der Waals surface area (Å²) in [6, 6.07) is 3.30. The van der Waals surface area contributed by atoms with Gasteiger partial charge in [-0.25, -0.2) is 0 Å². The van der Waals surface area contributed by atoms with E-state index in [1.807, 2.05) is 0 Å². The normalized spacial score (nSPS) is 16.2. The van der Waals surface area contributed by atoms with E-state index in [-0.39, 0.29) is 29.7 Å². The van der Waals surface area contributed by atoms with Crippen LogP contribution in [0.1, 0.15) is 55.3 Å². The summed E-state index contributed by atoms with van der Waals surface area (Å²) < 4.78 is 11.3. The number of nitrogens with one attached hydrogen (secondary N) is 2. The summed E-state index contributed by atoms with van der Waals surface area (Å²) in [4.78, 5) is 15.2. The maximum atomic E-state index is 11.0. The Balaban J connectivity index is 0.00000338. The van der Waals surface area contributed by atoms with Gasteiger partial charge in [0.15, 0.2) is 11.7 Å². The topological polar surface area (TPSA) is 102 Å². The Hall–Kier alpha value is -1.29. The molecule has 0 aromatic carbocycles. The number of furan rings is 1. The molecule has 0 radical (unpaired) electrons. The minimum Gasteiger partial charge on any atom is -0.454 e. The summed E-state index contributed by atoms with van der Waals surface area (Å²) in [6.07, 6.45) is 6.48. The molecule has 1 aliphatic rings. The number of nitrogens with zero attached hydrogens (tertiary/aromatic N) is 1. The zero-order valence-electron chi connectivity index (χ0n) is 15.6. The van der Waals surface area contributed by atoms with Crippen molar-refractivity contribution in [2.45, 2.75) is 51.7 Å². The van der Waals surface area contributed by atoms with Crippen molar-refractivity contribution < 1.29 is 13.9 Å². The molecule has 1 aliphatic carbocycles. The van der Waals surface area contributed by atoms with E-state index in [9.17, 15) is 4.79 Å². The molecule has 8 heteroatoms. The first kappa shape index (κ1) is 22.8. The number of aliphatic imine (C=N–C) groups is 1. The van der Waals surface area contributed by atoms with Gasteiger partial charge in [0.1, 0.15) is 5.76 Å². The van der Waals surface area contributed by atoms with Crippen LogP contribution in [-0.2, 0) is 11.3 Å². The van der Waals surface area contributed by atoms with Crippen molar-refractivity contribution in [3.8, 4) is 0 Å². The third-order valence-electron chi connectivity index (χ3n) is 4.59. The van der Waals surface area contributed by atoms with Gasteiger partial charge in [-0.3, -0.25) is 9.79 Å². The standard InChI is InChI=1S/C18H30N4O3.HI/c1-3-24-15(13-6-4-5-7-13)10-11-21-18(20-2)22-12-14-8-9-16(25-14)17(19)23;/h8-9,13,15H,3-7,10-12H2,1-2H3,(H2,19,23)(H2,20,21,22);1H. The molecule has 1 fully saturated rings. The number of rotatable bonds is 9. The van der Waals surface area contributed by atoms with Crippen molar-refractivity contribution in [1.29, 1.82) is 0 Å². The Bertz CT molecular complexity index is 571. The number of hydrogen-bond donors (Lipinski definition) is 3.